The van der Waals surface area contributed by atoms with Gasteiger partial charge in [-0.05, 0) is 49.1 Å². The lowest BCUT2D eigenvalue weighted by molar-refractivity contribution is -0.118. The normalized spacial score (nSPS) is 14.4. The molecule has 1 aliphatic heterocycles. The van der Waals surface area contributed by atoms with Gasteiger partial charge in [-0.2, -0.15) is 0 Å². The van der Waals surface area contributed by atoms with Crippen LogP contribution < -0.4 is 10.2 Å². The monoisotopic (exact) mass is 341 g/mol. The zero-order chi connectivity index (χ0) is 16.6. The number of carbonyl (C=O) groups excluding carboxylic acids is 1. The van der Waals surface area contributed by atoms with Crippen LogP contribution in [0.2, 0.25) is 0 Å². The van der Waals surface area contributed by atoms with Gasteiger partial charge in [-0.25, -0.2) is 4.98 Å². The molecule has 0 aliphatic carbocycles. The Morgan fingerprint density at radius 2 is 1.92 bits per heavy atom. The van der Waals surface area contributed by atoms with E-state index in [2.05, 4.69) is 21.3 Å². The topological polar surface area (TPSA) is 45.2 Å². The van der Waals surface area contributed by atoms with Gasteiger partial charge in [0.05, 0.1) is 5.75 Å². The summed E-state index contributed by atoms with van der Waals surface area (Å²) in [5.74, 6) is 1.52. The lowest BCUT2D eigenvalue weighted by atomic mass is 10.1. The second-order valence-corrected chi connectivity index (χ2v) is 7.00. The minimum atomic E-state index is 0.0557. The molecule has 24 heavy (non-hydrogen) atoms. The minimum absolute atomic E-state index is 0.0557. The van der Waals surface area contributed by atoms with Crippen molar-refractivity contribution >= 4 is 23.5 Å². The molecule has 0 atom stereocenters. The van der Waals surface area contributed by atoms with Crippen LogP contribution in [-0.4, -0.2) is 29.7 Å². The molecule has 1 saturated heterocycles. The van der Waals surface area contributed by atoms with Gasteiger partial charge in [0, 0.05) is 30.7 Å². The fraction of sp³-hybridized carbons (Fsp3) is 0.368. The van der Waals surface area contributed by atoms with E-state index in [1.54, 1.807) is 11.8 Å². The molecule has 126 valence electrons. The number of hydrogen-bond donors (Lipinski definition) is 1. The number of nitrogens with zero attached hydrogens (tertiary/aromatic N) is 2. The first-order valence-electron chi connectivity index (χ1n) is 8.46. The van der Waals surface area contributed by atoms with Crippen LogP contribution in [0.3, 0.4) is 0 Å². The van der Waals surface area contributed by atoms with Crippen LogP contribution in [0, 0.1) is 0 Å². The third kappa shape index (κ3) is 4.99. The van der Waals surface area contributed by atoms with Crippen molar-refractivity contribution in [3.8, 4) is 0 Å². The van der Waals surface area contributed by atoms with Crippen LogP contribution in [-0.2, 0) is 11.3 Å². The maximum Gasteiger partial charge on any atom is 0.230 e. The molecule has 0 radical (unpaired) electrons. The van der Waals surface area contributed by atoms with Crippen molar-refractivity contribution in [2.75, 3.05) is 23.7 Å². The van der Waals surface area contributed by atoms with Crippen LogP contribution in [0.1, 0.15) is 24.8 Å². The van der Waals surface area contributed by atoms with Gasteiger partial charge in [-0.3, -0.25) is 4.79 Å². The number of carbonyl (C=O) groups is 1. The van der Waals surface area contributed by atoms with E-state index in [1.165, 1.54) is 19.3 Å². The van der Waals surface area contributed by atoms with E-state index < -0.39 is 0 Å². The SMILES string of the molecule is O=C(CSc1ccccc1)NCc1ccnc(N2CCCCC2)c1. The number of pyridine rings is 1. The predicted octanol–water partition coefficient (Wildman–Crippen LogP) is 3.48. The Balaban J connectivity index is 1.48. The van der Waals surface area contributed by atoms with Gasteiger partial charge in [0.25, 0.3) is 0 Å². The van der Waals surface area contributed by atoms with Gasteiger partial charge < -0.3 is 10.2 Å². The first kappa shape index (κ1) is 16.8. The summed E-state index contributed by atoms with van der Waals surface area (Å²) in [6.45, 7) is 2.71. The maximum atomic E-state index is 12.0. The largest absolute Gasteiger partial charge is 0.357 e. The zero-order valence-corrected chi connectivity index (χ0v) is 14.6. The summed E-state index contributed by atoms with van der Waals surface area (Å²) in [5.41, 5.74) is 1.10. The number of amides is 1. The van der Waals surface area contributed by atoms with E-state index in [9.17, 15) is 4.79 Å². The number of nitrogens with one attached hydrogen (secondary N) is 1. The molecule has 0 bridgehead atoms. The number of rotatable bonds is 6. The summed E-state index contributed by atoms with van der Waals surface area (Å²) in [6.07, 6.45) is 5.62. The molecule has 1 amide bonds. The lowest BCUT2D eigenvalue weighted by Crippen LogP contribution is -2.30. The van der Waals surface area contributed by atoms with Gasteiger partial charge in [-0.15, -0.1) is 11.8 Å². The Hall–Kier alpha value is -2.01. The quantitative estimate of drug-likeness (QED) is 0.817. The third-order valence-corrected chi connectivity index (χ3v) is 5.10. The molecule has 1 aliphatic rings. The van der Waals surface area contributed by atoms with E-state index >= 15 is 0 Å². The fourth-order valence-electron chi connectivity index (χ4n) is 2.78. The smallest absolute Gasteiger partial charge is 0.230 e. The molecule has 2 aromatic rings. The highest BCUT2D eigenvalue weighted by Gasteiger charge is 2.12. The van der Waals surface area contributed by atoms with Crippen molar-refractivity contribution < 1.29 is 4.79 Å². The third-order valence-electron chi connectivity index (χ3n) is 4.09. The highest BCUT2D eigenvalue weighted by atomic mass is 32.2. The molecule has 0 spiro atoms. The Kier molecular flexibility index (Phi) is 6.13. The van der Waals surface area contributed by atoms with E-state index in [0.29, 0.717) is 12.3 Å². The number of anilines is 1. The fourth-order valence-corrected chi connectivity index (χ4v) is 3.53. The molecule has 0 saturated carbocycles. The lowest BCUT2D eigenvalue weighted by Gasteiger charge is -2.27. The zero-order valence-electron chi connectivity index (χ0n) is 13.8. The summed E-state index contributed by atoms with van der Waals surface area (Å²) < 4.78 is 0. The summed E-state index contributed by atoms with van der Waals surface area (Å²) in [6, 6.07) is 14.1. The summed E-state index contributed by atoms with van der Waals surface area (Å²) >= 11 is 1.56. The van der Waals surface area contributed by atoms with Crippen molar-refractivity contribution in [3.63, 3.8) is 0 Å². The maximum absolute atomic E-state index is 12.0. The molecule has 1 N–H and O–H groups in total. The first-order valence-corrected chi connectivity index (χ1v) is 9.44. The Labute approximate surface area is 147 Å². The summed E-state index contributed by atoms with van der Waals surface area (Å²) in [5, 5.41) is 2.99. The minimum Gasteiger partial charge on any atom is -0.357 e. The highest BCUT2D eigenvalue weighted by molar-refractivity contribution is 8.00. The van der Waals surface area contributed by atoms with Gasteiger partial charge in [0.2, 0.25) is 5.91 Å². The number of thioether (sulfide) groups is 1. The molecule has 1 aromatic heterocycles. The average Bonchev–Trinajstić information content (AvgIpc) is 2.66. The van der Waals surface area contributed by atoms with E-state index in [-0.39, 0.29) is 5.91 Å². The molecule has 4 nitrogen and oxygen atoms in total. The van der Waals surface area contributed by atoms with Crippen molar-refractivity contribution in [2.45, 2.75) is 30.7 Å². The number of piperidine rings is 1. The summed E-state index contributed by atoms with van der Waals surface area (Å²) in [4.78, 5) is 19.9. The second-order valence-electron chi connectivity index (χ2n) is 5.95. The standard InChI is InChI=1S/C19H23N3OS/c23-19(15-24-17-7-3-1-4-8-17)21-14-16-9-10-20-18(13-16)22-11-5-2-6-12-22/h1,3-4,7-10,13H,2,5-6,11-12,14-15H2,(H,21,23). The van der Waals surface area contributed by atoms with Crippen LogP contribution in [0.5, 0.6) is 0 Å². The van der Waals surface area contributed by atoms with Gasteiger partial charge >= 0.3 is 0 Å². The Bertz CT molecular complexity index is 657. The van der Waals surface area contributed by atoms with Crippen molar-refractivity contribution in [1.82, 2.24) is 10.3 Å². The van der Waals surface area contributed by atoms with Crippen molar-refractivity contribution in [2.24, 2.45) is 0 Å². The van der Waals surface area contributed by atoms with Crippen LogP contribution in [0.15, 0.2) is 53.6 Å². The Morgan fingerprint density at radius 1 is 1.12 bits per heavy atom. The van der Waals surface area contributed by atoms with Gasteiger partial charge in [-0.1, -0.05) is 18.2 Å². The average molecular weight is 341 g/mol. The molecule has 5 heteroatoms. The molecule has 3 rings (SSSR count). The molecular formula is C19H23N3OS. The molecular weight excluding hydrogens is 318 g/mol. The van der Waals surface area contributed by atoms with Gasteiger partial charge in [0.15, 0.2) is 0 Å². The van der Waals surface area contributed by atoms with Crippen LogP contribution in [0.4, 0.5) is 5.82 Å². The van der Waals surface area contributed by atoms with Crippen molar-refractivity contribution in [3.05, 3.63) is 54.2 Å². The van der Waals surface area contributed by atoms with E-state index in [1.807, 2.05) is 42.6 Å². The van der Waals surface area contributed by atoms with E-state index in [4.69, 9.17) is 0 Å². The summed E-state index contributed by atoms with van der Waals surface area (Å²) in [7, 11) is 0. The highest BCUT2D eigenvalue weighted by Crippen LogP contribution is 2.19. The molecule has 1 fully saturated rings. The molecule has 2 heterocycles. The van der Waals surface area contributed by atoms with Crippen LogP contribution in [0.25, 0.3) is 0 Å². The Morgan fingerprint density at radius 3 is 2.71 bits per heavy atom. The van der Waals surface area contributed by atoms with Crippen molar-refractivity contribution in [1.29, 1.82) is 0 Å². The van der Waals surface area contributed by atoms with Gasteiger partial charge in [0.1, 0.15) is 5.82 Å². The second kappa shape index (κ2) is 8.73. The van der Waals surface area contributed by atoms with E-state index in [0.717, 1.165) is 29.4 Å². The number of benzene rings is 1. The molecule has 0 unspecified atom stereocenters. The predicted molar refractivity (Wildman–Crippen MR) is 99.3 cm³/mol. The molecule has 1 aromatic carbocycles. The first-order chi connectivity index (χ1) is 11.8. The van der Waals surface area contributed by atoms with Crippen LogP contribution >= 0.6 is 11.8 Å². The number of aromatic nitrogens is 1. The number of hydrogen-bond acceptors (Lipinski definition) is 4.